The van der Waals surface area contributed by atoms with E-state index in [4.69, 9.17) is 19.4 Å². The van der Waals surface area contributed by atoms with E-state index in [1.54, 1.807) is 0 Å². The van der Waals surface area contributed by atoms with Crippen LogP contribution in [0.15, 0.2) is 186 Å². The van der Waals surface area contributed by atoms with Crippen molar-refractivity contribution in [1.29, 1.82) is 0 Å². The predicted molar refractivity (Wildman–Crippen MR) is 241 cm³/mol. The monoisotopic (exact) mass is 756 g/mol. The highest BCUT2D eigenvalue weighted by Crippen LogP contribution is 2.53. The summed E-state index contributed by atoms with van der Waals surface area (Å²) >= 11 is 0. The maximum atomic E-state index is 6.62. The molecule has 8 aromatic carbocycles. The fraction of sp³-hybridized carbons (Fsp3) is 0.0556. The Kier molecular flexibility index (Phi) is 7.20. The standard InChI is InChI=1S/C54H36N4O/c1-54(2)43-22-11-9-18-41(43)48-44(54)30-31-46-49(48)42-19-10-12-23-45(42)58(46)37-27-24-35(25-28-37)52-55-51(34-16-7-4-8-17-34)56-53(57-52)36-26-29-39-40-21-13-20-38(33-14-5-3-6-15-33)50(40)59-47(39)32-36/h3-32H,1-2H3. The number of rotatable bonds is 5. The zero-order valence-electron chi connectivity index (χ0n) is 32.5. The zero-order valence-corrected chi connectivity index (χ0v) is 32.5. The number of aromatic nitrogens is 4. The molecule has 0 bridgehead atoms. The smallest absolute Gasteiger partial charge is 0.164 e. The molecular formula is C54H36N4O. The predicted octanol–water partition coefficient (Wildman–Crippen LogP) is 13.8. The Hall–Kier alpha value is -7.63. The third-order valence-electron chi connectivity index (χ3n) is 12.3. The number of para-hydroxylation sites is 2. The minimum Gasteiger partial charge on any atom is -0.455 e. The highest BCUT2D eigenvalue weighted by molar-refractivity contribution is 6.18. The molecule has 5 nitrogen and oxygen atoms in total. The molecule has 1 aliphatic carbocycles. The molecule has 3 heterocycles. The summed E-state index contributed by atoms with van der Waals surface area (Å²) in [4.78, 5) is 15.2. The zero-order chi connectivity index (χ0) is 39.2. The summed E-state index contributed by atoms with van der Waals surface area (Å²) in [5.41, 5.74) is 15.3. The molecule has 11 aromatic rings. The van der Waals surface area contributed by atoms with E-state index in [2.05, 4.69) is 164 Å². The third kappa shape index (κ3) is 5.08. The van der Waals surface area contributed by atoms with Crippen molar-refractivity contribution in [2.45, 2.75) is 19.3 Å². The molecule has 0 atom stereocenters. The van der Waals surface area contributed by atoms with Crippen LogP contribution in [0.2, 0.25) is 0 Å². The molecule has 1 aliphatic rings. The average Bonchev–Trinajstić information content (AvgIpc) is 3.92. The minimum atomic E-state index is -0.0727. The minimum absolute atomic E-state index is 0.0727. The van der Waals surface area contributed by atoms with Crippen LogP contribution in [-0.2, 0) is 5.41 Å². The molecule has 0 N–H and O–H groups in total. The van der Waals surface area contributed by atoms with Gasteiger partial charge in [0.15, 0.2) is 17.5 Å². The summed E-state index contributed by atoms with van der Waals surface area (Å²) in [5.74, 6) is 1.81. The van der Waals surface area contributed by atoms with Crippen LogP contribution >= 0.6 is 0 Å². The molecule has 3 aromatic heterocycles. The fourth-order valence-electron chi connectivity index (χ4n) is 9.42. The summed E-state index contributed by atoms with van der Waals surface area (Å²) in [5, 5.41) is 4.68. The first-order valence-electron chi connectivity index (χ1n) is 20.1. The van der Waals surface area contributed by atoms with E-state index in [-0.39, 0.29) is 5.41 Å². The summed E-state index contributed by atoms with van der Waals surface area (Å²) in [6, 6.07) is 64.0. The molecule has 0 fully saturated rings. The van der Waals surface area contributed by atoms with Crippen molar-refractivity contribution in [2.24, 2.45) is 0 Å². The van der Waals surface area contributed by atoms with Crippen molar-refractivity contribution >= 4 is 43.7 Å². The van der Waals surface area contributed by atoms with Crippen LogP contribution in [0.4, 0.5) is 0 Å². The molecule has 0 amide bonds. The van der Waals surface area contributed by atoms with Crippen LogP contribution in [0.25, 0.3) is 106 Å². The summed E-state index contributed by atoms with van der Waals surface area (Å²) < 4.78 is 9.01. The number of nitrogens with zero attached hydrogens (tertiary/aromatic N) is 4. The van der Waals surface area contributed by atoms with Gasteiger partial charge in [-0.25, -0.2) is 15.0 Å². The molecule has 0 unspecified atom stereocenters. The number of hydrogen-bond donors (Lipinski definition) is 0. The first-order valence-corrected chi connectivity index (χ1v) is 20.1. The highest BCUT2D eigenvalue weighted by atomic mass is 16.3. The molecule has 0 saturated carbocycles. The largest absolute Gasteiger partial charge is 0.455 e. The van der Waals surface area contributed by atoms with Crippen molar-refractivity contribution < 1.29 is 4.42 Å². The molecule has 278 valence electrons. The van der Waals surface area contributed by atoms with Crippen LogP contribution in [0.1, 0.15) is 25.0 Å². The Morgan fingerprint density at radius 2 is 1.05 bits per heavy atom. The third-order valence-corrected chi connectivity index (χ3v) is 12.3. The van der Waals surface area contributed by atoms with Gasteiger partial charge < -0.3 is 8.98 Å². The SMILES string of the molecule is CC1(C)c2ccccc2-c2c1ccc1c2c2ccccc2n1-c1ccc(-c2nc(-c3ccccc3)nc(-c3ccc4c(c3)oc3c(-c5ccccc5)cccc34)n2)cc1. The molecule has 0 spiro atoms. The number of furan rings is 1. The van der Waals surface area contributed by atoms with Gasteiger partial charge in [0, 0.05) is 54.9 Å². The maximum absolute atomic E-state index is 6.62. The van der Waals surface area contributed by atoms with Crippen molar-refractivity contribution in [3.05, 3.63) is 193 Å². The molecule has 12 rings (SSSR count). The van der Waals surface area contributed by atoms with Gasteiger partial charge in [0.1, 0.15) is 11.2 Å². The molecule has 5 heteroatoms. The lowest BCUT2D eigenvalue weighted by atomic mass is 9.82. The lowest BCUT2D eigenvalue weighted by Gasteiger charge is -2.21. The van der Waals surface area contributed by atoms with Gasteiger partial charge >= 0.3 is 0 Å². The van der Waals surface area contributed by atoms with Crippen molar-refractivity contribution in [1.82, 2.24) is 19.5 Å². The maximum Gasteiger partial charge on any atom is 0.164 e. The Bertz CT molecular complexity index is 3450. The van der Waals surface area contributed by atoms with E-state index in [0.717, 1.165) is 55.4 Å². The summed E-state index contributed by atoms with van der Waals surface area (Å²) in [6.45, 7) is 4.69. The lowest BCUT2D eigenvalue weighted by molar-refractivity contribution is 0.661. The van der Waals surface area contributed by atoms with Crippen LogP contribution in [-0.4, -0.2) is 19.5 Å². The Labute approximate surface area is 340 Å². The van der Waals surface area contributed by atoms with Crippen LogP contribution in [0.3, 0.4) is 0 Å². The number of benzene rings is 8. The van der Waals surface area contributed by atoms with Crippen LogP contribution in [0, 0.1) is 0 Å². The fourth-order valence-corrected chi connectivity index (χ4v) is 9.42. The van der Waals surface area contributed by atoms with Gasteiger partial charge in [-0.05, 0) is 76.3 Å². The van der Waals surface area contributed by atoms with Crippen molar-refractivity contribution in [3.63, 3.8) is 0 Å². The molecular weight excluding hydrogens is 721 g/mol. The van der Waals surface area contributed by atoms with Gasteiger partial charge in [0.25, 0.3) is 0 Å². The van der Waals surface area contributed by atoms with E-state index < -0.39 is 0 Å². The highest BCUT2D eigenvalue weighted by Gasteiger charge is 2.37. The van der Waals surface area contributed by atoms with E-state index in [1.807, 2.05) is 36.4 Å². The second kappa shape index (κ2) is 12.7. The number of hydrogen-bond acceptors (Lipinski definition) is 4. The van der Waals surface area contributed by atoms with Gasteiger partial charge in [-0.15, -0.1) is 0 Å². The Morgan fingerprint density at radius 1 is 0.441 bits per heavy atom. The quantitative estimate of drug-likeness (QED) is 0.175. The second-order valence-corrected chi connectivity index (χ2v) is 16.0. The van der Waals surface area contributed by atoms with Gasteiger partial charge in [-0.3, -0.25) is 0 Å². The molecule has 0 saturated heterocycles. The van der Waals surface area contributed by atoms with Gasteiger partial charge in [-0.1, -0.05) is 147 Å². The average molecular weight is 757 g/mol. The van der Waals surface area contributed by atoms with E-state index >= 15 is 0 Å². The second-order valence-electron chi connectivity index (χ2n) is 16.0. The van der Waals surface area contributed by atoms with E-state index in [9.17, 15) is 0 Å². The summed E-state index contributed by atoms with van der Waals surface area (Å²) in [6.07, 6.45) is 0. The van der Waals surface area contributed by atoms with Crippen LogP contribution in [0.5, 0.6) is 0 Å². The van der Waals surface area contributed by atoms with E-state index in [1.165, 1.54) is 44.1 Å². The molecule has 0 radical (unpaired) electrons. The first kappa shape index (κ1) is 33.5. The summed E-state index contributed by atoms with van der Waals surface area (Å²) in [7, 11) is 0. The normalized spacial score (nSPS) is 13.1. The van der Waals surface area contributed by atoms with Gasteiger partial charge in [0.2, 0.25) is 0 Å². The first-order chi connectivity index (χ1) is 29.0. The van der Waals surface area contributed by atoms with Crippen LogP contribution < -0.4 is 0 Å². The topological polar surface area (TPSA) is 56.7 Å². The van der Waals surface area contributed by atoms with Crippen molar-refractivity contribution in [3.8, 4) is 62.1 Å². The number of fused-ring (bicyclic) bond motifs is 10. The van der Waals surface area contributed by atoms with E-state index in [0.29, 0.717) is 17.5 Å². The Morgan fingerprint density at radius 3 is 1.83 bits per heavy atom. The Balaban J connectivity index is 0.987. The lowest BCUT2D eigenvalue weighted by Crippen LogP contribution is -2.14. The molecule has 0 aliphatic heterocycles. The van der Waals surface area contributed by atoms with Gasteiger partial charge in [0.05, 0.1) is 11.0 Å². The van der Waals surface area contributed by atoms with Gasteiger partial charge in [-0.2, -0.15) is 0 Å². The van der Waals surface area contributed by atoms with Crippen molar-refractivity contribution in [2.75, 3.05) is 0 Å². The molecule has 59 heavy (non-hydrogen) atoms.